The zero-order chi connectivity index (χ0) is 16.8. The highest BCUT2D eigenvalue weighted by atomic mass is 32.1. The van der Waals surface area contributed by atoms with Crippen molar-refractivity contribution in [1.29, 1.82) is 0 Å². The van der Waals surface area contributed by atoms with Gasteiger partial charge in [-0.15, -0.1) is 11.3 Å². The maximum Gasteiger partial charge on any atom is 0.253 e. The van der Waals surface area contributed by atoms with Crippen molar-refractivity contribution in [2.45, 2.75) is 25.8 Å². The van der Waals surface area contributed by atoms with Gasteiger partial charge in [-0.3, -0.25) is 9.78 Å². The van der Waals surface area contributed by atoms with Crippen LogP contribution in [0.1, 0.15) is 45.7 Å². The summed E-state index contributed by atoms with van der Waals surface area (Å²) in [5.74, 6) is -0.112. The van der Waals surface area contributed by atoms with E-state index in [1.54, 1.807) is 35.9 Å². The third kappa shape index (κ3) is 3.89. The summed E-state index contributed by atoms with van der Waals surface area (Å²) < 4.78 is 0. The van der Waals surface area contributed by atoms with E-state index < -0.39 is 0 Å². The molecule has 4 heteroatoms. The van der Waals surface area contributed by atoms with Crippen LogP contribution in [0.3, 0.4) is 0 Å². The quantitative estimate of drug-likeness (QED) is 0.714. The Morgan fingerprint density at radius 1 is 1.17 bits per heavy atom. The molecule has 2 aromatic heterocycles. The van der Waals surface area contributed by atoms with Crippen molar-refractivity contribution in [3.63, 3.8) is 0 Å². The van der Waals surface area contributed by atoms with Crippen molar-refractivity contribution in [3.05, 3.63) is 87.9 Å². The normalized spacial score (nSPS) is 11.9. The second-order valence-electron chi connectivity index (χ2n) is 5.66. The number of carbonyl (C=O) groups excluding carboxylic acids is 1. The Morgan fingerprint density at radius 3 is 2.62 bits per heavy atom. The summed E-state index contributed by atoms with van der Waals surface area (Å²) in [6.45, 7) is 2.18. The Hall–Kier alpha value is -2.46. The minimum absolute atomic E-state index is 0.112. The van der Waals surface area contributed by atoms with Crippen molar-refractivity contribution in [2.75, 3.05) is 0 Å². The van der Waals surface area contributed by atoms with Gasteiger partial charge in [0.2, 0.25) is 0 Å². The number of pyridine rings is 1. The number of nitrogens with one attached hydrogen (secondary N) is 1. The number of benzene rings is 1. The number of nitrogens with zero attached hydrogens (tertiary/aromatic N) is 1. The molecule has 24 heavy (non-hydrogen) atoms. The Balaban J connectivity index is 1.86. The zero-order valence-corrected chi connectivity index (χ0v) is 14.4. The van der Waals surface area contributed by atoms with Gasteiger partial charge in [0.15, 0.2) is 0 Å². The molecule has 0 aliphatic carbocycles. The molecule has 1 aromatic carbocycles. The molecular weight excluding hydrogens is 316 g/mol. The van der Waals surface area contributed by atoms with Gasteiger partial charge in [-0.05, 0) is 41.1 Å². The van der Waals surface area contributed by atoms with Crippen molar-refractivity contribution in [2.24, 2.45) is 0 Å². The van der Waals surface area contributed by atoms with E-state index in [-0.39, 0.29) is 11.9 Å². The van der Waals surface area contributed by atoms with Crippen LogP contribution in [0.4, 0.5) is 0 Å². The number of aromatic nitrogens is 1. The highest BCUT2D eigenvalue weighted by Crippen LogP contribution is 2.27. The third-order valence-corrected chi connectivity index (χ3v) is 4.82. The molecule has 1 amide bonds. The van der Waals surface area contributed by atoms with Gasteiger partial charge in [-0.2, -0.15) is 0 Å². The Morgan fingerprint density at radius 2 is 2.00 bits per heavy atom. The molecule has 0 unspecified atom stereocenters. The molecule has 0 spiro atoms. The summed E-state index contributed by atoms with van der Waals surface area (Å²) in [7, 11) is 0. The lowest BCUT2D eigenvalue weighted by atomic mass is 10.0. The number of aryl methyl sites for hydroxylation is 1. The smallest absolute Gasteiger partial charge is 0.253 e. The average Bonchev–Trinajstić information content (AvgIpc) is 3.16. The molecule has 1 atom stereocenters. The molecule has 1 N–H and O–H groups in total. The fraction of sp³-hybridized carbons (Fsp3) is 0.200. The molecule has 0 fully saturated rings. The second-order valence-corrected chi connectivity index (χ2v) is 6.63. The second kappa shape index (κ2) is 7.88. The largest absolute Gasteiger partial charge is 0.340 e. The summed E-state index contributed by atoms with van der Waals surface area (Å²) in [6, 6.07) is 16.0. The van der Waals surface area contributed by atoms with E-state index in [0.29, 0.717) is 5.56 Å². The van der Waals surface area contributed by atoms with Crippen LogP contribution in [0, 0.1) is 0 Å². The van der Waals surface area contributed by atoms with Crippen LogP contribution in [-0.4, -0.2) is 10.9 Å². The van der Waals surface area contributed by atoms with Gasteiger partial charge < -0.3 is 5.32 Å². The third-order valence-electron chi connectivity index (χ3n) is 3.88. The summed E-state index contributed by atoms with van der Waals surface area (Å²) in [5, 5.41) is 5.17. The van der Waals surface area contributed by atoms with E-state index in [0.717, 1.165) is 23.3 Å². The number of hydrogen-bond donors (Lipinski definition) is 1. The van der Waals surface area contributed by atoms with Crippen molar-refractivity contribution < 1.29 is 4.79 Å². The molecule has 3 nitrogen and oxygen atoms in total. The van der Waals surface area contributed by atoms with E-state index in [2.05, 4.69) is 47.6 Å². The molecule has 0 bridgehead atoms. The Labute approximate surface area is 146 Å². The van der Waals surface area contributed by atoms with Gasteiger partial charge in [0.1, 0.15) is 0 Å². The van der Waals surface area contributed by atoms with Crippen LogP contribution in [0.15, 0.2) is 66.3 Å². The molecule has 0 saturated heterocycles. The number of thiophene rings is 1. The van der Waals surface area contributed by atoms with E-state index in [9.17, 15) is 4.79 Å². The van der Waals surface area contributed by atoms with E-state index in [1.165, 1.54) is 5.56 Å². The highest BCUT2D eigenvalue weighted by Gasteiger charge is 2.18. The van der Waals surface area contributed by atoms with Crippen LogP contribution < -0.4 is 5.32 Å². The first-order chi connectivity index (χ1) is 11.8. The molecular formula is C20H20N2OS. The van der Waals surface area contributed by atoms with Crippen LogP contribution in [0.25, 0.3) is 0 Å². The van der Waals surface area contributed by atoms with E-state index >= 15 is 0 Å². The van der Waals surface area contributed by atoms with Crippen molar-refractivity contribution >= 4 is 17.2 Å². The molecule has 122 valence electrons. The zero-order valence-electron chi connectivity index (χ0n) is 13.6. The first kappa shape index (κ1) is 16.4. The van der Waals surface area contributed by atoms with Crippen LogP contribution >= 0.6 is 11.3 Å². The molecule has 2 heterocycles. The van der Waals surface area contributed by atoms with E-state index in [1.807, 2.05) is 11.4 Å². The predicted molar refractivity (Wildman–Crippen MR) is 98.3 cm³/mol. The van der Waals surface area contributed by atoms with Gasteiger partial charge in [-0.1, -0.05) is 43.7 Å². The van der Waals surface area contributed by atoms with Crippen molar-refractivity contribution in [3.8, 4) is 0 Å². The van der Waals surface area contributed by atoms with Gasteiger partial charge in [0, 0.05) is 17.3 Å². The lowest BCUT2D eigenvalue weighted by molar-refractivity contribution is 0.0943. The SMILES string of the molecule is CCCc1ccc([C@H](NC(=O)c2cccnc2)c2cccs2)cc1. The fourth-order valence-corrected chi connectivity index (χ4v) is 3.45. The van der Waals surface area contributed by atoms with Crippen LogP contribution in [-0.2, 0) is 6.42 Å². The minimum atomic E-state index is -0.145. The molecule has 0 saturated carbocycles. The topological polar surface area (TPSA) is 42.0 Å². The molecule has 0 aliphatic rings. The summed E-state index contributed by atoms with van der Waals surface area (Å²) in [6.07, 6.45) is 5.46. The highest BCUT2D eigenvalue weighted by molar-refractivity contribution is 7.10. The lowest BCUT2D eigenvalue weighted by Gasteiger charge is -2.18. The lowest BCUT2D eigenvalue weighted by Crippen LogP contribution is -2.28. The summed E-state index contributed by atoms with van der Waals surface area (Å²) in [4.78, 5) is 17.7. The standard InChI is InChI=1S/C20H20N2OS/c1-2-5-15-8-10-16(11-9-15)19(18-7-4-13-24-18)22-20(23)17-6-3-12-21-14-17/h3-4,6-14,19H,2,5H2,1H3,(H,22,23)/t19-/m0/s1. The van der Waals surface area contributed by atoms with Gasteiger partial charge in [-0.25, -0.2) is 0 Å². The maximum atomic E-state index is 12.5. The summed E-state index contributed by atoms with van der Waals surface area (Å²) >= 11 is 1.65. The molecule has 0 radical (unpaired) electrons. The number of amides is 1. The number of hydrogen-bond acceptors (Lipinski definition) is 3. The minimum Gasteiger partial charge on any atom is -0.340 e. The molecule has 3 aromatic rings. The van der Waals surface area contributed by atoms with Gasteiger partial charge >= 0.3 is 0 Å². The van der Waals surface area contributed by atoms with Crippen LogP contribution in [0.5, 0.6) is 0 Å². The summed E-state index contributed by atoms with van der Waals surface area (Å²) in [5.41, 5.74) is 2.99. The van der Waals surface area contributed by atoms with Gasteiger partial charge in [0.05, 0.1) is 11.6 Å². The molecule has 0 aliphatic heterocycles. The predicted octanol–water partition coefficient (Wildman–Crippen LogP) is 4.62. The first-order valence-electron chi connectivity index (χ1n) is 8.11. The van der Waals surface area contributed by atoms with E-state index in [4.69, 9.17) is 0 Å². The van der Waals surface area contributed by atoms with Crippen molar-refractivity contribution in [1.82, 2.24) is 10.3 Å². The Bertz CT molecular complexity index is 767. The van der Waals surface area contributed by atoms with Gasteiger partial charge in [0.25, 0.3) is 5.91 Å². The Kier molecular flexibility index (Phi) is 5.39. The fourth-order valence-electron chi connectivity index (χ4n) is 2.65. The van der Waals surface area contributed by atoms with Crippen LogP contribution in [0.2, 0.25) is 0 Å². The first-order valence-corrected chi connectivity index (χ1v) is 8.99. The average molecular weight is 336 g/mol. The monoisotopic (exact) mass is 336 g/mol. The maximum absolute atomic E-state index is 12.5. The molecule has 3 rings (SSSR count). The number of carbonyl (C=O) groups is 1. The number of rotatable bonds is 6.